The number of allylic oxidation sites excluding steroid dienone is 8. The first kappa shape index (κ1) is 71.0. The fourth-order valence-corrected chi connectivity index (χ4v) is 9.63. The molecule has 0 saturated carbocycles. The Labute approximate surface area is 452 Å². The third-order valence-electron chi connectivity index (χ3n) is 13.6. The average molecular weight is 1050 g/mol. The van der Waals surface area contributed by atoms with Crippen molar-refractivity contribution in [3.63, 3.8) is 0 Å². The van der Waals surface area contributed by atoms with E-state index < -0.39 is 26.5 Å². The minimum Gasteiger partial charge on any atom is -0.462 e. The van der Waals surface area contributed by atoms with E-state index in [1.165, 1.54) is 186 Å². The summed E-state index contributed by atoms with van der Waals surface area (Å²) >= 11 is 0. The maximum atomic E-state index is 12.8. The minimum atomic E-state index is -4.39. The zero-order valence-corrected chi connectivity index (χ0v) is 49.5. The molecule has 1 N–H and O–H groups in total. The van der Waals surface area contributed by atoms with E-state index in [1.54, 1.807) is 0 Å². The van der Waals surface area contributed by atoms with Crippen LogP contribution in [0.5, 0.6) is 0 Å². The molecule has 0 bridgehead atoms. The molecule has 0 aromatic rings. The van der Waals surface area contributed by atoms with Crippen molar-refractivity contribution in [1.82, 2.24) is 0 Å². The fraction of sp³-hybridized carbons (Fsp3) is 0.841. The Kier molecular flexibility index (Phi) is 53.2. The van der Waals surface area contributed by atoms with Gasteiger partial charge in [-0.1, -0.05) is 274 Å². The van der Waals surface area contributed by atoms with Gasteiger partial charge in [0.1, 0.15) is 19.8 Å². The van der Waals surface area contributed by atoms with Gasteiger partial charge in [0.15, 0.2) is 6.10 Å². The van der Waals surface area contributed by atoms with Crippen LogP contribution in [0.4, 0.5) is 0 Å². The molecule has 428 valence electrons. The molecule has 0 rings (SSSR count). The van der Waals surface area contributed by atoms with Gasteiger partial charge in [0.05, 0.1) is 27.7 Å². The summed E-state index contributed by atoms with van der Waals surface area (Å²) in [4.78, 5) is 35.7. The number of carbonyl (C=O) groups excluding carboxylic acids is 2. The van der Waals surface area contributed by atoms with Gasteiger partial charge in [0, 0.05) is 12.8 Å². The number of carbonyl (C=O) groups is 2. The standard InChI is InChI=1S/C63H118NO8P/c1-6-8-10-12-14-16-18-20-22-24-26-28-29-30-31-32-33-34-36-37-39-41-43-45-47-49-51-53-55-62(65)69-59-61(60-71-73(67,68)70-58-57-64(3,4)5)72-63(66)56-54-52-50-48-46-44-42-40-38-35-27-25-23-21-19-17-15-13-11-9-7-2/h9,11,15,17,21,23,27,35,61H,6-8,10,12-14,16,18-20,22,24-26,28-34,36-60H2,1-5H3/p+1/b11-9-,17-15-,23-21-,35-27-. The Morgan fingerprint density at radius 2 is 0.781 bits per heavy atom. The maximum absolute atomic E-state index is 12.8. The van der Waals surface area contributed by atoms with Gasteiger partial charge >= 0.3 is 19.8 Å². The van der Waals surface area contributed by atoms with E-state index in [4.69, 9.17) is 18.5 Å². The SMILES string of the molecule is CC/C=C\C/C=C\C/C=C\C/C=C\CCCCCCCCCCC(=O)OC(COC(=O)CCCCCCCCCCCCCCCCCCCCCCCCCCCCCC)COP(=O)(O)OCC[N+](C)(C)C. The molecule has 0 aliphatic rings. The predicted molar refractivity (Wildman–Crippen MR) is 312 cm³/mol. The molecule has 2 atom stereocenters. The molecular weight excluding hydrogens is 930 g/mol. The molecule has 9 nitrogen and oxygen atoms in total. The van der Waals surface area contributed by atoms with Crippen molar-refractivity contribution in [2.75, 3.05) is 47.5 Å². The third-order valence-corrected chi connectivity index (χ3v) is 14.6. The van der Waals surface area contributed by atoms with Crippen LogP contribution in [0.1, 0.15) is 290 Å². The highest BCUT2D eigenvalue weighted by Crippen LogP contribution is 2.43. The second-order valence-electron chi connectivity index (χ2n) is 22.1. The second kappa shape index (κ2) is 54.7. The molecule has 0 saturated heterocycles. The van der Waals surface area contributed by atoms with Crippen LogP contribution in [0, 0.1) is 0 Å². The molecule has 0 fully saturated rings. The van der Waals surface area contributed by atoms with Gasteiger partial charge < -0.3 is 18.9 Å². The largest absolute Gasteiger partial charge is 0.472 e. The highest BCUT2D eigenvalue weighted by molar-refractivity contribution is 7.47. The van der Waals surface area contributed by atoms with E-state index in [0.717, 1.165) is 70.6 Å². The van der Waals surface area contributed by atoms with E-state index in [-0.39, 0.29) is 25.6 Å². The molecule has 0 aromatic carbocycles. The number of rotatable bonds is 57. The van der Waals surface area contributed by atoms with Crippen molar-refractivity contribution in [2.45, 2.75) is 296 Å². The number of hydrogen-bond donors (Lipinski definition) is 1. The molecule has 0 amide bonds. The topological polar surface area (TPSA) is 108 Å². The first-order chi connectivity index (χ1) is 35.5. The predicted octanol–water partition coefficient (Wildman–Crippen LogP) is 19.3. The Morgan fingerprint density at radius 3 is 1.16 bits per heavy atom. The van der Waals surface area contributed by atoms with Crippen molar-refractivity contribution in [3.05, 3.63) is 48.6 Å². The summed E-state index contributed by atoms with van der Waals surface area (Å²) < 4.78 is 34.6. The summed E-state index contributed by atoms with van der Waals surface area (Å²) in [5.41, 5.74) is 0. The van der Waals surface area contributed by atoms with Crippen LogP contribution >= 0.6 is 7.82 Å². The van der Waals surface area contributed by atoms with Gasteiger partial charge in [0.25, 0.3) is 0 Å². The highest BCUT2D eigenvalue weighted by atomic mass is 31.2. The van der Waals surface area contributed by atoms with Gasteiger partial charge in [-0.15, -0.1) is 0 Å². The number of ether oxygens (including phenoxy) is 2. The Balaban J connectivity index is 4.08. The van der Waals surface area contributed by atoms with Crippen molar-refractivity contribution in [1.29, 1.82) is 0 Å². The fourth-order valence-electron chi connectivity index (χ4n) is 8.89. The van der Waals surface area contributed by atoms with Crippen LogP contribution < -0.4 is 0 Å². The molecule has 0 aliphatic heterocycles. The van der Waals surface area contributed by atoms with E-state index in [1.807, 2.05) is 21.1 Å². The third kappa shape index (κ3) is 59.1. The van der Waals surface area contributed by atoms with Crippen LogP contribution in [0.3, 0.4) is 0 Å². The molecule has 0 aliphatic carbocycles. The number of esters is 2. The van der Waals surface area contributed by atoms with Gasteiger partial charge in [-0.25, -0.2) is 4.57 Å². The lowest BCUT2D eigenvalue weighted by atomic mass is 10.0. The van der Waals surface area contributed by atoms with Crippen LogP contribution in [0.2, 0.25) is 0 Å². The van der Waals surface area contributed by atoms with Crippen LogP contribution in [0.25, 0.3) is 0 Å². The summed E-state index contributed by atoms with van der Waals surface area (Å²) in [6, 6.07) is 0. The number of phosphoric acid groups is 1. The molecule has 10 heteroatoms. The highest BCUT2D eigenvalue weighted by Gasteiger charge is 2.27. The first-order valence-electron chi connectivity index (χ1n) is 30.9. The Morgan fingerprint density at radius 1 is 0.438 bits per heavy atom. The lowest BCUT2D eigenvalue weighted by Gasteiger charge is -2.24. The second-order valence-corrected chi connectivity index (χ2v) is 23.5. The normalized spacial score (nSPS) is 13.6. The number of likely N-dealkylation sites (N-methyl/N-ethyl adjacent to an activating group) is 1. The first-order valence-corrected chi connectivity index (χ1v) is 32.4. The van der Waals surface area contributed by atoms with Crippen molar-refractivity contribution in [3.8, 4) is 0 Å². The lowest BCUT2D eigenvalue weighted by Crippen LogP contribution is -2.37. The number of unbranched alkanes of at least 4 members (excludes halogenated alkanes) is 35. The summed E-state index contributed by atoms with van der Waals surface area (Å²) in [6.45, 7) is 4.36. The monoisotopic (exact) mass is 1050 g/mol. The Bertz CT molecular complexity index is 1370. The summed E-state index contributed by atoms with van der Waals surface area (Å²) in [5, 5.41) is 0. The van der Waals surface area contributed by atoms with Crippen LogP contribution in [-0.2, 0) is 32.7 Å². The van der Waals surface area contributed by atoms with Crippen molar-refractivity contribution < 1.29 is 42.1 Å². The quantitative estimate of drug-likeness (QED) is 0.0211. The summed E-state index contributed by atoms with van der Waals surface area (Å²) in [6.07, 6.45) is 69.1. The molecule has 0 radical (unpaired) electrons. The maximum Gasteiger partial charge on any atom is 0.472 e. The van der Waals surface area contributed by atoms with E-state index >= 15 is 0 Å². The molecular formula is C63H119NO8P+. The van der Waals surface area contributed by atoms with Gasteiger partial charge in [-0.05, 0) is 51.4 Å². The zero-order chi connectivity index (χ0) is 53.5. The van der Waals surface area contributed by atoms with Crippen molar-refractivity contribution in [2.24, 2.45) is 0 Å². The van der Waals surface area contributed by atoms with E-state index in [9.17, 15) is 19.0 Å². The Hall–Kier alpha value is -2.03. The zero-order valence-electron chi connectivity index (χ0n) is 48.6. The number of hydrogen-bond acceptors (Lipinski definition) is 7. The van der Waals surface area contributed by atoms with Crippen LogP contribution in [0.15, 0.2) is 48.6 Å². The summed E-state index contributed by atoms with van der Waals surface area (Å²) in [5.74, 6) is -0.795. The van der Waals surface area contributed by atoms with Crippen molar-refractivity contribution >= 4 is 19.8 Å². The minimum absolute atomic E-state index is 0.0302. The van der Waals surface area contributed by atoms with Gasteiger partial charge in [0.2, 0.25) is 0 Å². The summed E-state index contributed by atoms with van der Waals surface area (Å²) in [7, 11) is 1.48. The number of phosphoric ester groups is 1. The molecule has 0 spiro atoms. The molecule has 0 heterocycles. The average Bonchev–Trinajstić information content (AvgIpc) is 3.35. The number of quaternary nitrogens is 1. The smallest absolute Gasteiger partial charge is 0.462 e. The molecule has 0 aromatic heterocycles. The van der Waals surface area contributed by atoms with E-state index in [2.05, 4.69) is 62.5 Å². The van der Waals surface area contributed by atoms with Crippen LogP contribution in [-0.4, -0.2) is 74.9 Å². The van der Waals surface area contributed by atoms with Gasteiger partial charge in [-0.2, -0.15) is 0 Å². The number of nitrogens with zero attached hydrogens (tertiary/aromatic N) is 1. The van der Waals surface area contributed by atoms with Gasteiger partial charge in [-0.3, -0.25) is 18.6 Å². The molecule has 73 heavy (non-hydrogen) atoms. The molecule has 2 unspecified atom stereocenters. The van der Waals surface area contributed by atoms with E-state index in [0.29, 0.717) is 23.9 Å². The lowest BCUT2D eigenvalue weighted by molar-refractivity contribution is -0.870.